The zero-order valence-electron chi connectivity index (χ0n) is 13.7. The fourth-order valence-electron chi connectivity index (χ4n) is 2.44. The molecule has 2 aromatic carbocycles. The summed E-state index contributed by atoms with van der Waals surface area (Å²) in [5.74, 6) is -0.111. The molecule has 3 rings (SSSR count). The van der Waals surface area contributed by atoms with E-state index in [0.29, 0.717) is 21.7 Å². The highest BCUT2D eigenvalue weighted by Gasteiger charge is 2.13. The van der Waals surface area contributed by atoms with Gasteiger partial charge in [-0.2, -0.15) is 0 Å². The molecule has 0 unspecified atom stereocenters. The van der Waals surface area contributed by atoms with Crippen LogP contribution in [0.5, 0.6) is 5.75 Å². The number of anilines is 1. The molecule has 0 atom stereocenters. The summed E-state index contributed by atoms with van der Waals surface area (Å²) in [5, 5.41) is 12.3. The van der Waals surface area contributed by atoms with Gasteiger partial charge in [-0.25, -0.2) is 4.98 Å². The Labute approximate surface area is 153 Å². The van der Waals surface area contributed by atoms with Crippen LogP contribution in [0.3, 0.4) is 0 Å². The molecule has 26 heavy (non-hydrogen) atoms. The summed E-state index contributed by atoms with van der Waals surface area (Å²) in [6.45, 7) is -0.423. The number of ether oxygens (including phenoxy) is 1. The first-order valence-corrected chi connectivity index (χ1v) is 8.25. The Kier molecular flexibility index (Phi) is 5.50. The van der Waals surface area contributed by atoms with Crippen LogP contribution in [0.15, 0.2) is 53.3 Å². The molecule has 1 aromatic heterocycles. The summed E-state index contributed by atoms with van der Waals surface area (Å²) in [7, 11) is 0. The molecule has 0 aliphatic rings. The predicted octanol–water partition coefficient (Wildman–Crippen LogP) is 2.06. The second-order valence-corrected chi connectivity index (χ2v) is 5.80. The lowest BCUT2D eigenvalue weighted by Crippen LogP contribution is -2.30. The summed E-state index contributed by atoms with van der Waals surface area (Å²) < 4.78 is 6.91. The number of aliphatic hydroxyl groups is 1. The quantitative estimate of drug-likeness (QED) is 0.689. The van der Waals surface area contributed by atoms with Crippen LogP contribution >= 0.6 is 11.6 Å². The van der Waals surface area contributed by atoms with Gasteiger partial charge in [-0.05, 0) is 24.3 Å². The highest BCUT2D eigenvalue weighted by Crippen LogP contribution is 2.23. The number of carbonyl (C=O) groups is 1. The van der Waals surface area contributed by atoms with E-state index < -0.39 is 12.5 Å². The van der Waals surface area contributed by atoms with Gasteiger partial charge in [-0.3, -0.25) is 19.5 Å². The number of hydrogen-bond donors (Lipinski definition) is 2. The average Bonchev–Trinajstić information content (AvgIpc) is 2.65. The smallest absolute Gasteiger partial charge is 0.262 e. The number of rotatable bonds is 6. The van der Waals surface area contributed by atoms with E-state index in [-0.39, 0.29) is 24.7 Å². The Balaban J connectivity index is 1.90. The summed E-state index contributed by atoms with van der Waals surface area (Å²) in [6.07, 6.45) is 0. The molecule has 0 saturated heterocycles. The highest BCUT2D eigenvalue weighted by molar-refractivity contribution is 6.32. The van der Waals surface area contributed by atoms with Crippen LogP contribution in [-0.2, 0) is 11.3 Å². The van der Waals surface area contributed by atoms with Gasteiger partial charge in [0.05, 0.1) is 22.5 Å². The zero-order valence-corrected chi connectivity index (χ0v) is 14.4. The number of aromatic nitrogens is 2. The first-order valence-electron chi connectivity index (χ1n) is 7.88. The van der Waals surface area contributed by atoms with E-state index in [9.17, 15) is 9.59 Å². The number of hydrogen-bond acceptors (Lipinski definition) is 5. The largest absolute Gasteiger partial charge is 0.490 e. The molecule has 8 heteroatoms. The number of carbonyl (C=O) groups excluding carboxylic acids is 1. The van der Waals surface area contributed by atoms with E-state index in [1.807, 2.05) is 0 Å². The van der Waals surface area contributed by atoms with E-state index in [1.165, 1.54) is 4.57 Å². The molecule has 0 radical (unpaired) electrons. The Bertz CT molecular complexity index is 1000. The molecule has 1 heterocycles. The molecular weight excluding hydrogens is 358 g/mol. The van der Waals surface area contributed by atoms with Crippen LogP contribution < -0.4 is 15.6 Å². The maximum Gasteiger partial charge on any atom is 0.262 e. The maximum atomic E-state index is 12.8. The molecule has 0 aliphatic heterocycles. The first kappa shape index (κ1) is 17.9. The van der Waals surface area contributed by atoms with Crippen molar-refractivity contribution in [2.75, 3.05) is 18.5 Å². The molecule has 7 nitrogen and oxygen atoms in total. The fraction of sp³-hybridized carbons (Fsp3) is 0.167. The number of amides is 1. The topological polar surface area (TPSA) is 93.5 Å². The van der Waals surface area contributed by atoms with Crippen LogP contribution in [0.2, 0.25) is 5.02 Å². The highest BCUT2D eigenvalue weighted by atomic mass is 35.5. The van der Waals surface area contributed by atoms with Crippen molar-refractivity contribution in [1.29, 1.82) is 0 Å². The van der Waals surface area contributed by atoms with E-state index in [2.05, 4.69) is 10.3 Å². The van der Waals surface area contributed by atoms with Crippen LogP contribution in [0.1, 0.15) is 0 Å². The van der Waals surface area contributed by atoms with Gasteiger partial charge >= 0.3 is 0 Å². The molecule has 2 N–H and O–H groups in total. The van der Waals surface area contributed by atoms with E-state index in [0.717, 1.165) is 0 Å². The van der Waals surface area contributed by atoms with Crippen LogP contribution in [-0.4, -0.2) is 33.8 Å². The summed E-state index contributed by atoms with van der Waals surface area (Å²) in [5.41, 5.74) is 0.139. The van der Waals surface area contributed by atoms with Gasteiger partial charge in [0.25, 0.3) is 11.5 Å². The Morgan fingerprint density at radius 3 is 2.69 bits per heavy atom. The number of para-hydroxylation sites is 2. The summed E-state index contributed by atoms with van der Waals surface area (Å²) in [6, 6.07) is 13.8. The van der Waals surface area contributed by atoms with Gasteiger partial charge in [0, 0.05) is 0 Å². The number of aliphatic hydroxyl groups excluding tert-OH is 1. The number of halogens is 1. The third kappa shape index (κ3) is 3.84. The minimum Gasteiger partial charge on any atom is -0.490 e. The fourth-order valence-corrected chi connectivity index (χ4v) is 2.63. The van der Waals surface area contributed by atoms with Gasteiger partial charge in [-0.15, -0.1) is 0 Å². The molecule has 1 amide bonds. The number of nitrogens with zero attached hydrogens (tertiary/aromatic N) is 2. The normalized spacial score (nSPS) is 10.7. The lowest BCUT2D eigenvalue weighted by Gasteiger charge is -2.14. The third-order valence-electron chi connectivity index (χ3n) is 3.67. The minimum atomic E-state index is -0.710. The van der Waals surface area contributed by atoms with Gasteiger partial charge < -0.3 is 9.84 Å². The van der Waals surface area contributed by atoms with Crippen molar-refractivity contribution in [3.8, 4) is 5.75 Å². The van der Waals surface area contributed by atoms with Crippen LogP contribution in [0, 0.1) is 0 Å². The molecule has 0 bridgehead atoms. The van der Waals surface area contributed by atoms with Gasteiger partial charge in [0.15, 0.2) is 0 Å². The number of nitrogens with one attached hydrogen (secondary N) is 1. The molecule has 0 fully saturated rings. The van der Waals surface area contributed by atoms with Crippen LogP contribution in [0.4, 0.5) is 5.95 Å². The first-order chi connectivity index (χ1) is 12.6. The summed E-state index contributed by atoms with van der Waals surface area (Å²) >= 11 is 6.04. The molecule has 0 saturated carbocycles. The van der Waals surface area contributed by atoms with Crippen molar-refractivity contribution in [3.63, 3.8) is 0 Å². The van der Waals surface area contributed by atoms with Crippen molar-refractivity contribution in [2.45, 2.75) is 6.54 Å². The van der Waals surface area contributed by atoms with Gasteiger partial charge in [0.1, 0.15) is 19.0 Å². The van der Waals surface area contributed by atoms with Crippen LogP contribution in [0.25, 0.3) is 10.9 Å². The average molecular weight is 374 g/mol. The molecular formula is C18H16ClN3O4. The van der Waals surface area contributed by atoms with E-state index in [1.54, 1.807) is 48.5 Å². The maximum absolute atomic E-state index is 12.8. The van der Waals surface area contributed by atoms with Crippen molar-refractivity contribution in [2.24, 2.45) is 0 Å². The van der Waals surface area contributed by atoms with Gasteiger partial charge in [0.2, 0.25) is 5.95 Å². The van der Waals surface area contributed by atoms with Crippen molar-refractivity contribution in [1.82, 2.24) is 9.55 Å². The third-order valence-corrected chi connectivity index (χ3v) is 3.98. The number of fused-ring (bicyclic) bond motifs is 1. The molecule has 3 aromatic rings. The second-order valence-electron chi connectivity index (χ2n) is 5.39. The molecule has 0 aliphatic carbocycles. The Morgan fingerprint density at radius 2 is 1.92 bits per heavy atom. The Morgan fingerprint density at radius 1 is 1.19 bits per heavy atom. The lowest BCUT2D eigenvalue weighted by atomic mass is 10.2. The van der Waals surface area contributed by atoms with Gasteiger partial charge in [-0.1, -0.05) is 35.9 Å². The van der Waals surface area contributed by atoms with E-state index >= 15 is 0 Å². The number of benzene rings is 2. The lowest BCUT2D eigenvalue weighted by molar-refractivity contribution is -0.118. The predicted molar refractivity (Wildman–Crippen MR) is 98.7 cm³/mol. The molecule has 0 spiro atoms. The monoisotopic (exact) mass is 373 g/mol. The zero-order chi connectivity index (χ0) is 18.5. The van der Waals surface area contributed by atoms with Crippen molar-refractivity contribution < 1.29 is 14.6 Å². The molecule has 134 valence electrons. The van der Waals surface area contributed by atoms with E-state index in [4.69, 9.17) is 21.4 Å². The SMILES string of the molecule is O=C(CO)Nc1nc2ccccc2c(=O)n1CCOc1ccccc1Cl. The van der Waals surface area contributed by atoms with Crippen molar-refractivity contribution >= 4 is 34.4 Å². The Hall–Kier alpha value is -2.90. The second kappa shape index (κ2) is 7.99. The summed E-state index contributed by atoms with van der Waals surface area (Å²) in [4.78, 5) is 28.6. The minimum absolute atomic E-state index is 0.0514. The van der Waals surface area contributed by atoms with Crippen molar-refractivity contribution in [3.05, 3.63) is 63.9 Å². The standard InChI is InChI=1S/C18H16ClN3O4/c19-13-6-2-4-8-15(13)26-10-9-22-17(25)12-5-1-3-7-14(12)20-18(22)21-16(24)11-23/h1-8,23H,9-11H2,(H,20,21,24).